The quantitative estimate of drug-likeness (QED) is 0.742. The van der Waals surface area contributed by atoms with E-state index in [2.05, 4.69) is 49.6 Å². The third-order valence-corrected chi connectivity index (χ3v) is 3.33. The molecular formula is C12H10BrN3. The van der Waals surface area contributed by atoms with Crippen LogP contribution in [0.3, 0.4) is 0 Å². The Labute approximate surface area is 102 Å². The van der Waals surface area contributed by atoms with Gasteiger partial charge in [0.2, 0.25) is 0 Å². The van der Waals surface area contributed by atoms with Gasteiger partial charge in [0.1, 0.15) is 5.82 Å². The third kappa shape index (κ3) is 1.41. The Morgan fingerprint density at radius 2 is 2.06 bits per heavy atom. The van der Waals surface area contributed by atoms with E-state index in [0.717, 1.165) is 22.4 Å². The van der Waals surface area contributed by atoms with E-state index in [9.17, 15) is 0 Å². The maximum Gasteiger partial charge on any atom is 0.148 e. The molecule has 16 heavy (non-hydrogen) atoms. The van der Waals surface area contributed by atoms with Gasteiger partial charge in [0, 0.05) is 23.5 Å². The molecule has 1 aromatic carbocycles. The van der Waals surface area contributed by atoms with Gasteiger partial charge in [-0.2, -0.15) is 0 Å². The maximum absolute atomic E-state index is 4.27. The first kappa shape index (κ1) is 9.78. The minimum atomic E-state index is 0.825. The van der Waals surface area contributed by atoms with Crippen LogP contribution in [0.15, 0.2) is 28.7 Å². The fourth-order valence-corrected chi connectivity index (χ4v) is 2.47. The highest BCUT2D eigenvalue weighted by atomic mass is 79.9. The second-order valence-corrected chi connectivity index (χ2v) is 4.75. The highest BCUT2D eigenvalue weighted by molar-refractivity contribution is 9.10. The fourth-order valence-electron chi connectivity index (χ4n) is 2.06. The molecule has 4 heteroatoms. The van der Waals surface area contributed by atoms with E-state index in [0.29, 0.717) is 0 Å². The Bertz CT molecular complexity index is 566. The summed E-state index contributed by atoms with van der Waals surface area (Å²) in [5, 5.41) is 11.4. The Balaban J connectivity index is 2.16. The molecule has 0 fully saturated rings. The standard InChI is InChI=1S/C12H10BrN3/c1-14-11-6-8-4-7-5-9(13)2-3-10(7)12(8)16-15-11/h2-3,5-6H,4H2,1H3,(H,14,15). The van der Waals surface area contributed by atoms with Crippen LogP contribution < -0.4 is 5.32 Å². The van der Waals surface area contributed by atoms with Gasteiger partial charge in [-0.1, -0.05) is 22.0 Å². The van der Waals surface area contributed by atoms with Crippen molar-refractivity contribution in [3.8, 4) is 11.3 Å². The summed E-state index contributed by atoms with van der Waals surface area (Å²) in [5.41, 5.74) is 4.77. The molecular weight excluding hydrogens is 266 g/mol. The number of nitrogens with zero attached hydrogens (tertiary/aromatic N) is 2. The van der Waals surface area contributed by atoms with Crippen LogP contribution in [-0.4, -0.2) is 17.2 Å². The number of anilines is 1. The Morgan fingerprint density at radius 3 is 2.88 bits per heavy atom. The predicted molar refractivity (Wildman–Crippen MR) is 67.5 cm³/mol. The zero-order valence-electron chi connectivity index (χ0n) is 8.79. The molecule has 80 valence electrons. The van der Waals surface area contributed by atoms with Crippen molar-refractivity contribution in [1.29, 1.82) is 0 Å². The average molecular weight is 276 g/mol. The van der Waals surface area contributed by atoms with Gasteiger partial charge >= 0.3 is 0 Å². The minimum Gasteiger partial charge on any atom is -0.372 e. The van der Waals surface area contributed by atoms with Crippen LogP contribution in [0.25, 0.3) is 11.3 Å². The largest absolute Gasteiger partial charge is 0.372 e. The van der Waals surface area contributed by atoms with Crippen molar-refractivity contribution in [1.82, 2.24) is 10.2 Å². The van der Waals surface area contributed by atoms with Crippen molar-refractivity contribution in [3.63, 3.8) is 0 Å². The summed E-state index contributed by atoms with van der Waals surface area (Å²) >= 11 is 3.49. The number of benzene rings is 1. The first-order chi connectivity index (χ1) is 7.78. The van der Waals surface area contributed by atoms with Crippen molar-refractivity contribution in [3.05, 3.63) is 39.9 Å². The van der Waals surface area contributed by atoms with E-state index < -0.39 is 0 Å². The number of aromatic nitrogens is 2. The number of halogens is 1. The summed E-state index contributed by atoms with van der Waals surface area (Å²) in [6, 6.07) is 8.35. The first-order valence-electron chi connectivity index (χ1n) is 5.11. The lowest BCUT2D eigenvalue weighted by molar-refractivity contribution is 1.03. The summed E-state index contributed by atoms with van der Waals surface area (Å²) in [4.78, 5) is 0. The van der Waals surface area contributed by atoms with Crippen molar-refractivity contribution < 1.29 is 0 Å². The van der Waals surface area contributed by atoms with Crippen LogP contribution in [-0.2, 0) is 6.42 Å². The zero-order valence-corrected chi connectivity index (χ0v) is 10.4. The normalized spacial score (nSPS) is 12.1. The third-order valence-electron chi connectivity index (χ3n) is 2.83. The molecule has 1 N–H and O–H groups in total. The van der Waals surface area contributed by atoms with Crippen LogP contribution in [0, 0.1) is 0 Å². The molecule has 0 saturated heterocycles. The number of hydrogen-bond acceptors (Lipinski definition) is 3. The molecule has 0 saturated carbocycles. The molecule has 0 unspecified atom stereocenters. The van der Waals surface area contributed by atoms with Crippen LogP contribution in [0.2, 0.25) is 0 Å². The number of rotatable bonds is 1. The Hall–Kier alpha value is -1.42. The molecule has 0 atom stereocenters. The molecule has 0 radical (unpaired) electrons. The van der Waals surface area contributed by atoms with Gasteiger partial charge in [0.15, 0.2) is 0 Å². The van der Waals surface area contributed by atoms with Gasteiger partial charge in [-0.05, 0) is 29.3 Å². The summed E-state index contributed by atoms with van der Waals surface area (Å²) in [6.45, 7) is 0. The lowest BCUT2D eigenvalue weighted by Gasteiger charge is -2.01. The van der Waals surface area contributed by atoms with E-state index >= 15 is 0 Å². The molecule has 2 aromatic rings. The SMILES string of the molecule is CNc1cc2c(nn1)-c1ccc(Br)cc1C2. The highest BCUT2D eigenvalue weighted by Gasteiger charge is 2.20. The summed E-state index contributed by atoms with van der Waals surface area (Å²) < 4.78 is 1.11. The molecule has 3 rings (SSSR count). The van der Waals surface area contributed by atoms with Gasteiger partial charge in [-0.25, -0.2) is 0 Å². The molecule has 1 heterocycles. The Kier molecular flexibility index (Phi) is 2.17. The molecule has 3 nitrogen and oxygen atoms in total. The van der Waals surface area contributed by atoms with Gasteiger partial charge in [0.25, 0.3) is 0 Å². The van der Waals surface area contributed by atoms with Crippen molar-refractivity contribution in [2.24, 2.45) is 0 Å². The molecule has 0 aliphatic heterocycles. The van der Waals surface area contributed by atoms with Gasteiger partial charge in [-0.15, -0.1) is 10.2 Å². The second kappa shape index (κ2) is 3.56. The molecule has 0 amide bonds. The average Bonchev–Trinajstić information content (AvgIpc) is 2.64. The lowest BCUT2D eigenvalue weighted by Crippen LogP contribution is -1.96. The Morgan fingerprint density at radius 1 is 1.19 bits per heavy atom. The van der Waals surface area contributed by atoms with Gasteiger partial charge < -0.3 is 5.32 Å². The number of hydrogen-bond donors (Lipinski definition) is 1. The van der Waals surface area contributed by atoms with Gasteiger partial charge in [0.05, 0.1) is 5.69 Å². The topological polar surface area (TPSA) is 37.8 Å². The van der Waals surface area contributed by atoms with Crippen LogP contribution >= 0.6 is 15.9 Å². The van der Waals surface area contributed by atoms with E-state index in [1.54, 1.807) is 0 Å². The molecule has 1 aliphatic carbocycles. The molecule has 0 spiro atoms. The van der Waals surface area contributed by atoms with E-state index in [-0.39, 0.29) is 0 Å². The molecule has 0 bridgehead atoms. The van der Waals surface area contributed by atoms with Crippen molar-refractivity contribution in [2.45, 2.75) is 6.42 Å². The van der Waals surface area contributed by atoms with Crippen molar-refractivity contribution >= 4 is 21.7 Å². The monoisotopic (exact) mass is 275 g/mol. The maximum atomic E-state index is 4.27. The van der Waals surface area contributed by atoms with E-state index in [1.165, 1.54) is 16.7 Å². The van der Waals surface area contributed by atoms with E-state index in [1.807, 2.05) is 13.1 Å². The summed E-state index contributed by atoms with van der Waals surface area (Å²) in [7, 11) is 1.86. The number of nitrogens with one attached hydrogen (secondary N) is 1. The number of fused-ring (bicyclic) bond motifs is 3. The second-order valence-electron chi connectivity index (χ2n) is 3.83. The van der Waals surface area contributed by atoms with Crippen molar-refractivity contribution in [2.75, 3.05) is 12.4 Å². The van der Waals surface area contributed by atoms with Crippen LogP contribution in [0.4, 0.5) is 5.82 Å². The lowest BCUT2D eigenvalue weighted by atomic mass is 10.1. The molecule has 1 aliphatic rings. The van der Waals surface area contributed by atoms with E-state index in [4.69, 9.17) is 0 Å². The predicted octanol–water partition coefficient (Wildman–Crippen LogP) is 2.85. The molecule has 1 aromatic heterocycles. The zero-order chi connectivity index (χ0) is 11.1. The fraction of sp³-hybridized carbons (Fsp3) is 0.167. The smallest absolute Gasteiger partial charge is 0.148 e. The van der Waals surface area contributed by atoms with Crippen LogP contribution in [0.5, 0.6) is 0 Å². The minimum absolute atomic E-state index is 0.825. The van der Waals surface area contributed by atoms with Gasteiger partial charge in [-0.3, -0.25) is 0 Å². The highest BCUT2D eigenvalue weighted by Crippen LogP contribution is 2.36. The summed E-state index contributed by atoms with van der Waals surface area (Å²) in [5.74, 6) is 0.825. The first-order valence-corrected chi connectivity index (χ1v) is 5.90. The summed E-state index contributed by atoms with van der Waals surface area (Å²) in [6.07, 6.45) is 0.939. The van der Waals surface area contributed by atoms with Crippen LogP contribution in [0.1, 0.15) is 11.1 Å².